The number of aryl methyl sites for hydroxylation is 1. The molecule has 0 unspecified atom stereocenters. The Bertz CT molecular complexity index is 606. The van der Waals surface area contributed by atoms with Crippen LogP contribution in [0, 0.1) is 6.92 Å². The first-order chi connectivity index (χ1) is 8.99. The van der Waals surface area contributed by atoms with Gasteiger partial charge >= 0.3 is 5.97 Å². The van der Waals surface area contributed by atoms with Crippen LogP contribution < -0.4 is 4.90 Å². The van der Waals surface area contributed by atoms with E-state index in [0.717, 1.165) is 17.0 Å². The molecule has 0 fully saturated rings. The van der Waals surface area contributed by atoms with E-state index in [1.165, 1.54) is 6.07 Å². The van der Waals surface area contributed by atoms with E-state index in [1.807, 2.05) is 24.9 Å². The monoisotopic (exact) mass is 279 g/mol. The summed E-state index contributed by atoms with van der Waals surface area (Å²) in [5.74, 6) is -0.119. The van der Waals surface area contributed by atoms with Crippen LogP contribution in [0.25, 0.3) is 0 Å². The van der Waals surface area contributed by atoms with Gasteiger partial charge in [0.2, 0.25) is 0 Å². The van der Waals surface area contributed by atoms with Gasteiger partial charge in [0.05, 0.1) is 22.5 Å². The lowest BCUT2D eigenvalue weighted by molar-refractivity contribution is 0.0697. The molecule has 1 N–H and O–H groups in total. The minimum absolute atomic E-state index is 0.182. The lowest BCUT2D eigenvalue weighted by atomic mass is 10.2. The van der Waals surface area contributed by atoms with Gasteiger partial charge in [-0.3, -0.25) is 0 Å². The summed E-state index contributed by atoms with van der Waals surface area (Å²) in [6, 6.07) is 6.62. The Hall–Kier alpha value is -1.94. The molecule has 1 aromatic heterocycles. The highest BCUT2D eigenvalue weighted by Crippen LogP contribution is 2.27. The van der Waals surface area contributed by atoms with Crippen molar-refractivity contribution in [2.45, 2.75) is 13.5 Å². The van der Waals surface area contributed by atoms with E-state index >= 15 is 0 Å². The normalized spacial score (nSPS) is 10.5. The van der Waals surface area contributed by atoms with Crippen molar-refractivity contribution in [2.75, 3.05) is 11.9 Å². The Balaban J connectivity index is 2.22. The van der Waals surface area contributed by atoms with Gasteiger partial charge in [-0.2, -0.15) is 0 Å². The molecule has 0 atom stereocenters. The molecule has 0 aliphatic heterocycles. The van der Waals surface area contributed by atoms with E-state index in [9.17, 15) is 4.79 Å². The van der Waals surface area contributed by atoms with Crippen LogP contribution in [0.3, 0.4) is 0 Å². The summed E-state index contributed by atoms with van der Waals surface area (Å²) in [5.41, 5.74) is 2.04. The Morgan fingerprint density at radius 3 is 2.68 bits per heavy atom. The number of hydrogen-bond donors (Lipinski definition) is 1. The minimum atomic E-state index is -0.984. The molecule has 5 heteroatoms. The van der Waals surface area contributed by atoms with Crippen molar-refractivity contribution in [3.05, 3.63) is 52.4 Å². The molecule has 2 rings (SSSR count). The van der Waals surface area contributed by atoms with E-state index in [2.05, 4.69) is 0 Å². The summed E-state index contributed by atoms with van der Waals surface area (Å²) in [5, 5.41) is 9.32. The predicted octanol–water partition coefficient (Wildman–Crippen LogP) is 3.58. The first-order valence-electron chi connectivity index (χ1n) is 5.76. The van der Waals surface area contributed by atoms with Crippen LogP contribution in [0.4, 0.5) is 5.69 Å². The number of nitrogens with zero attached hydrogens (tertiary/aromatic N) is 1. The van der Waals surface area contributed by atoms with Gasteiger partial charge in [0.25, 0.3) is 0 Å². The van der Waals surface area contributed by atoms with E-state index in [-0.39, 0.29) is 5.56 Å². The summed E-state index contributed by atoms with van der Waals surface area (Å²) < 4.78 is 5.24. The van der Waals surface area contributed by atoms with Crippen molar-refractivity contribution in [1.29, 1.82) is 0 Å². The maximum absolute atomic E-state index is 10.9. The molecule has 0 aliphatic carbocycles. The summed E-state index contributed by atoms with van der Waals surface area (Å²) in [7, 11) is 1.90. The quantitative estimate of drug-likeness (QED) is 0.929. The first-order valence-corrected chi connectivity index (χ1v) is 6.14. The lowest BCUT2D eigenvalue weighted by Crippen LogP contribution is -2.17. The number of halogens is 1. The number of benzene rings is 1. The zero-order valence-electron chi connectivity index (χ0n) is 10.7. The third kappa shape index (κ3) is 2.90. The van der Waals surface area contributed by atoms with Gasteiger partial charge in [0.15, 0.2) is 0 Å². The van der Waals surface area contributed by atoms with Gasteiger partial charge in [-0.05, 0) is 31.2 Å². The number of carboxylic acid groups (broad SMARTS) is 1. The second-order valence-corrected chi connectivity index (χ2v) is 4.74. The molecule has 0 radical (unpaired) electrons. The summed E-state index contributed by atoms with van der Waals surface area (Å²) in [6.07, 6.45) is 1.65. The molecular weight excluding hydrogens is 266 g/mol. The average Bonchev–Trinajstić information content (AvgIpc) is 2.74. The van der Waals surface area contributed by atoms with Crippen molar-refractivity contribution < 1.29 is 14.3 Å². The van der Waals surface area contributed by atoms with Crippen molar-refractivity contribution in [3.63, 3.8) is 0 Å². The molecule has 0 bridgehead atoms. The Labute approximate surface area is 116 Å². The van der Waals surface area contributed by atoms with Crippen molar-refractivity contribution in [1.82, 2.24) is 0 Å². The van der Waals surface area contributed by atoms with Crippen LogP contribution in [-0.4, -0.2) is 18.1 Å². The highest BCUT2D eigenvalue weighted by atomic mass is 35.5. The molecule has 4 nitrogen and oxygen atoms in total. The molecular formula is C14H14ClNO3. The van der Waals surface area contributed by atoms with Gasteiger partial charge in [0, 0.05) is 19.2 Å². The zero-order valence-corrected chi connectivity index (χ0v) is 11.4. The Morgan fingerprint density at radius 2 is 2.16 bits per heavy atom. The highest BCUT2D eigenvalue weighted by Gasteiger charge is 2.12. The van der Waals surface area contributed by atoms with Gasteiger partial charge in [-0.25, -0.2) is 4.79 Å². The molecule has 0 aliphatic rings. The largest absolute Gasteiger partial charge is 0.478 e. The van der Waals surface area contributed by atoms with Gasteiger partial charge < -0.3 is 14.4 Å². The van der Waals surface area contributed by atoms with E-state index in [4.69, 9.17) is 21.1 Å². The summed E-state index contributed by atoms with van der Waals surface area (Å²) in [4.78, 5) is 12.8. The average molecular weight is 280 g/mol. The fourth-order valence-corrected chi connectivity index (χ4v) is 2.19. The number of aromatic carboxylic acids is 1. The van der Waals surface area contributed by atoms with Crippen molar-refractivity contribution in [3.8, 4) is 0 Å². The van der Waals surface area contributed by atoms with Crippen molar-refractivity contribution >= 4 is 23.3 Å². The molecule has 1 aromatic carbocycles. The predicted molar refractivity (Wildman–Crippen MR) is 74.0 cm³/mol. The molecule has 0 amide bonds. The molecule has 2 aromatic rings. The van der Waals surface area contributed by atoms with Crippen LogP contribution >= 0.6 is 11.6 Å². The van der Waals surface area contributed by atoms with E-state index < -0.39 is 5.97 Å². The summed E-state index contributed by atoms with van der Waals surface area (Å²) in [6.45, 7) is 2.55. The van der Waals surface area contributed by atoms with Gasteiger partial charge in [-0.1, -0.05) is 11.6 Å². The topological polar surface area (TPSA) is 53.7 Å². The van der Waals surface area contributed by atoms with E-state index in [1.54, 1.807) is 18.4 Å². The fourth-order valence-electron chi connectivity index (χ4n) is 1.87. The Kier molecular flexibility index (Phi) is 3.81. The molecule has 19 heavy (non-hydrogen) atoms. The molecule has 0 spiro atoms. The van der Waals surface area contributed by atoms with Crippen LogP contribution in [0.2, 0.25) is 5.02 Å². The number of rotatable bonds is 4. The SMILES string of the molecule is Cc1occc1CN(C)c1ccc(C(=O)O)cc1Cl. The number of furan rings is 1. The number of anilines is 1. The number of carboxylic acids is 1. The second-order valence-electron chi connectivity index (χ2n) is 4.33. The molecule has 0 saturated heterocycles. The van der Waals surface area contributed by atoms with E-state index in [0.29, 0.717) is 11.6 Å². The third-order valence-electron chi connectivity index (χ3n) is 2.98. The fraction of sp³-hybridized carbons (Fsp3) is 0.214. The zero-order chi connectivity index (χ0) is 14.0. The van der Waals surface area contributed by atoms with Crippen LogP contribution in [0.1, 0.15) is 21.7 Å². The van der Waals surface area contributed by atoms with Gasteiger partial charge in [-0.15, -0.1) is 0 Å². The first kappa shape index (κ1) is 13.5. The Morgan fingerprint density at radius 1 is 1.42 bits per heavy atom. The summed E-state index contributed by atoms with van der Waals surface area (Å²) >= 11 is 6.12. The standard InChI is InChI=1S/C14H14ClNO3/c1-9-11(5-6-19-9)8-16(2)13-4-3-10(14(17)18)7-12(13)15/h3-7H,8H2,1-2H3,(H,17,18). The third-order valence-corrected chi connectivity index (χ3v) is 3.28. The second kappa shape index (κ2) is 5.36. The van der Waals surface area contributed by atoms with Crippen molar-refractivity contribution in [2.24, 2.45) is 0 Å². The van der Waals surface area contributed by atoms with Crippen LogP contribution in [0.15, 0.2) is 34.9 Å². The number of carbonyl (C=O) groups is 1. The maximum Gasteiger partial charge on any atom is 0.335 e. The van der Waals surface area contributed by atoms with Crippen LogP contribution in [0.5, 0.6) is 0 Å². The highest BCUT2D eigenvalue weighted by molar-refractivity contribution is 6.33. The molecule has 0 saturated carbocycles. The lowest BCUT2D eigenvalue weighted by Gasteiger charge is -2.20. The number of hydrogen-bond acceptors (Lipinski definition) is 3. The molecule has 100 valence electrons. The van der Waals surface area contributed by atoms with Crippen LogP contribution in [-0.2, 0) is 6.54 Å². The smallest absolute Gasteiger partial charge is 0.335 e. The maximum atomic E-state index is 10.9. The van der Waals surface area contributed by atoms with Gasteiger partial charge in [0.1, 0.15) is 5.76 Å². The minimum Gasteiger partial charge on any atom is -0.478 e. The molecule has 1 heterocycles.